The van der Waals surface area contributed by atoms with Crippen LogP contribution in [-0.2, 0) is 16.0 Å². The second kappa shape index (κ2) is 2.61. The zero-order chi connectivity index (χ0) is 7.52. The second-order valence-corrected chi connectivity index (χ2v) is 2.09. The summed E-state index contributed by atoms with van der Waals surface area (Å²) in [6, 6.07) is 0. The van der Waals surface area contributed by atoms with Crippen LogP contribution in [0.3, 0.4) is 0 Å². The van der Waals surface area contributed by atoms with E-state index >= 15 is 0 Å². The topological polar surface area (TPSA) is 49.2 Å². The summed E-state index contributed by atoms with van der Waals surface area (Å²) in [5.41, 5.74) is 0. The summed E-state index contributed by atoms with van der Waals surface area (Å²) < 4.78 is 11.7. The van der Waals surface area contributed by atoms with E-state index in [1.165, 1.54) is 18.9 Å². The number of nitrogens with zero attached hydrogens (tertiary/aromatic N) is 3. The first-order valence-electron chi connectivity index (χ1n) is 3.23. The Morgan fingerprint density at radius 1 is 1.36 bits per heavy atom. The van der Waals surface area contributed by atoms with Gasteiger partial charge in [0, 0.05) is 0 Å². The number of hydrogen-bond acceptors (Lipinski definition) is 4. The molecule has 0 aromatic carbocycles. The molecule has 1 aromatic heterocycles. The maximum absolute atomic E-state index is 5.03. The molecule has 0 N–H and O–H groups in total. The van der Waals surface area contributed by atoms with Crippen LogP contribution in [0.2, 0.25) is 0 Å². The van der Waals surface area contributed by atoms with Gasteiger partial charge in [0.05, 0.1) is 0 Å². The molecule has 0 fully saturated rings. The van der Waals surface area contributed by atoms with Gasteiger partial charge in [-0.25, -0.2) is 9.67 Å². The molecule has 0 spiro atoms. The van der Waals surface area contributed by atoms with Crippen molar-refractivity contribution in [2.45, 2.75) is 12.8 Å². The number of rotatable bonds is 2. The Bertz CT molecular complexity index is 236. The molecule has 0 bridgehead atoms. The van der Waals surface area contributed by atoms with Gasteiger partial charge < -0.3 is 9.47 Å². The van der Waals surface area contributed by atoms with Crippen LogP contribution in [0.5, 0.6) is 0 Å². The van der Waals surface area contributed by atoms with Crippen molar-refractivity contribution in [3.63, 3.8) is 0 Å². The lowest BCUT2D eigenvalue weighted by Crippen LogP contribution is -2.16. The van der Waals surface area contributed by atoms with Gasteiger partial charge in [0.15, 0.2) is 0 Å². The van der Waals surface area contributed by atoms with Crippen molar-refractivity contribution in [1.29, 1.82) is 0 Å². The van der Waals surface area contributed by atoms with Gasteiger partial charge in [0.2, 0.25) is 0 Å². The fraction of sp³-hybridized carbons (Fsp3) is 0.333. The van der Waals surface area contributed by atoms with Gasteiger partial charge in [0.25, 0.3) is 6.29 Å². The van der Waals surface area contributed by atoms with Gasteiger partial charge in [-0.3, -0.25) is 0 Å². The smallest absolute Gasteiger partial charge is 0.259 e. The molecule has 0 radical (unpaired) electrons. The largest absolute Gasteiger partial charge is 0.457 e. The van der Waals surface area contributed by atoms with Crippen LogP contribution in [0.25, 0.3) is 0 Å². The predicted molar refractivity (Wildman–Crippen MR) is 35.1 cm³/mol. The molecule has 1 aliphatic rings. The van der Waals surface area contributed by atoms with E-state index in [1.807, 2.05) is 0 Å². The molecule has 0 amide bonds. The molecule has 2 rings (SSSR count). The molecule has 0 aliphatic carbocycles. The standard InChI is InChI=1S/C6H7N3O2/c1-2-11-6(10-1)3-9-5-7-4-8-9/h1-2,4-6H,3H2. The van der Waals surface area contributed by atoms with Gasteiger partial charge in [0.1, 0.15) is 31.7 Å². The predicted octanol–water partition coefficient (Wildman–Crippen LogP) is 0.122. The molecule has 0 unspecified atom stereocenters. The zero-order valence-corrected chi connectivity index (χ0v) is 5.75. The molecule has 1 aliphatic heterocycles. The van der Waals surface area contributed by atoms with Crippen molar-refractivity contribution < 1.29 is 9.47 Å². The summed E-state index contributed by atoms with van der Waals surface area (Å²) >= 11 is 0. The lowest BCUT2D eigenvalue weighted by molar-refractivity contribution is -0.0365. The monoisotopic (exact) mass is 153 g/mol. The molecule has 0 saturated heterocycles. The van der Waals surface area contributed by atoms with Crippen molar-refractivity contribution in [2.75, 3.05) is 0 Å². The first-order valence-corrected chi connectivity index (χ1v) is 3.23. The first kappa shape index (κ1) is 6.21. The lowest BCUT2D eigenvalue weighted by atomic mass is 10.6. The van der Waals surface area contributed by atoms with Gasteiger partial charge in [-0.05, 0) is 0 Å². The van der Waals surface area contributed by atoms with Gasteiger partial charge in [-0.2, -0.15) is 5.10 Å². The number of aromatic nitrogens is 3. The Morgan fingerprint density at radius 3 is 2.82 bits per heavy atom. The van der Waals surface area contributed by atoms with E-state index in [1.54, 1.807) is 11.0 Å². The van der Waals surface area contributed by atoms with E-state index in [0.717, 1.165) is 0 Å². The van der Waals surface area contributed by atoms with Crippen LogP contribution in [0.15, 0.2) is 25.2 Å². The Labute approximate surface area is 63.2 Å². The highest BCUT2D eigenvalue weighted by Crippen LogP contribution is 2.06. The third-order valence-electron chi connectivity index (χ3n) is 1.32. The quantitative estimate of drug-likeness (QED) is 0.605. The third-order valence-corrected chi connectivity index (χ3v) is 1.32. The van der Waals surface area contributed by atoms with Crippen molar-refractivity contribution >= 4 is 0 Å². The average Bonchev–Trinajstić information content (AvgIpc) is 2.60. The SMILES string of the molecule is C1=COC(Cn2cncn2)O1. The Hall–Kier alpha value is -1.52. The second-order valence-electron chi connectivity index (χ2n) is 2.09. The van der Waals surface area contributed by atoms with Crippen LogP contribution in [0.1, 0.15) is 0 Å². The van der Waals surface area contributed by atoms with Crippen LogP contribution in [-0.4, -0.2) is 21.1 Å². The summed E-state index contributed by atoms with van der Waals surface area (Å²) in [6.45, 7) is 0.563. The van der Waals surface area contributed by atoms with Crippen LogP contribution in [0, 0.1) is 0 Å². The Morgan fingerprint density at radius 2 is 2.18 bits per heavy atom. The maximum Gasteiger partial charge on any atom is 0.259 e. The van der Waals surface area contributed by atoms with Gasteiger partial charge in [-0.1, -0.05) is 0 Å². The molecule has 5 heteroatoms. The van der Waals surface area contributed by atoms with E-state index in [4.69, 9.17) is 9.47 Å². The summed E-state index contributed by atoms with van der Waals surface area (Å²) in [6.07, 6.45) is 5.87. The third kappa shape index (κ3) is 1.31. The van der Waals surface area contributed by atoms with E-state index < -0.39 is 0 Å². The molecular weight excluding hydrogens is 146 g/mol. The molecule has 1 aromatic rings. The van der Waals surface area contributed by atoms with Crippen molar-refractivity contribution in [2.24, 2.45) is 0 Å². The van der Waals surface area contributed by atoms with E-state index in [0.29, 0.717) is 6.54 Å². The van der Waals surface area contributed by atoms with E-state index in [-0.39, 0.29) is 6.29 Å². The minimum Gasteiger partial charge on any atom is -0.457 e. The summed E-state index contributed by atoms with van der Waals surface area (Å²) in [4.78, 5) is 3.78. The molecular formula is C6H7N3O2. The van der Waals surface area contributed by atoms with Gasteiger partial charge >= 0.3 is 0 Å². The Balaban J connectivity index is 1.91. The van der Waals surface area contributed by atoms with E-state index in [2.05, 4.69) is 10.1 Å². The summed E-state index contributed by atoms with van der Waals surface area (Å²) in [5.74, 6) is 0. The number of ether oxygens (including phenoxy) is 2. The zero-order valence-electron chi connectivity index (χ0n) is 5.75. The average molecular weight is 153 g/mol. The molecule has 11 heavy (non-hydrogen) atoms. The fourth-order valence-corrected chi connectivity index (χ4v) is 0.837. The van der Waals surface area contributed by atoms with Gasteiger partial charge in [-0.15, -0.1) is 0 Å². The van der Waals surface area contributed by atoms with Crippen molar-refractivity contribution in [3.8, 4) is 0 Å². The van der Waals surface area contributed by atoms with Crippen LogP contribution < -0.4 is 0 Å². The highest BCUT2D eigenvalue weighted by molar-refractivity contribution is 4.71. The lowest BCUT2D eigenvalue weighted by Gasteiger charge is -2.08. The maximum atomic E-state index is 5.03. The van der Waals surface area contributed by atoms with E-state index in [9.17, 15) is 0 Å². The Kier molecular flexibility index (Phi) is 1.47. The molecule has 0 saturated carbocycles. The summed E-state index contributed by atoms with van der Waals surface area (Å²) in [7, 11) is 0. The number of hydrogen-bond donors (Lipinski definition) is 0. The van der Waals surface area contributed by atoms with Crippen LogP contribution in [0.4, 0.5) is 0 Å². The van der Waals surface area contributed by atoms with Crippen LogP contribution >= 0.6 is 0 Å². The highest BCUT2D eigenvalue weighted by Gasteiger charge is 2.12. The molecule has 5 nitrogen and oxygen atoms in total. The normalized spacial score (nSPS) is 16.4. The summed E-state index contributed by atoms with van der Waals surface area (Å²) in [5, 5.41) is 3.90. The minimum absolute atomic E-state index is 0.253. The highest BCUT2D eigenvalue weighted by atomic mass is 16.7. The molecule has 58 valence electrons. The van der Waals surface area contributed by atoms with Crippen molar-refractivity contribution in [1.82, 2.24) is 14.8 Å². The molecule has 0 atom stereocenters. The first-order chi connectivity index (χ1) is 5.45. The minimum atomic E-state index is -0.253. The fourth-order valence-electron chi connectivity index (χ4n) is 0.837. The van der Waals surface area contributed by atoms with Crippen molar-refractivity contribution in [3.05, 3.63) is 25.2 Å². The molecule has 2 heterocycles.